The van der Waals surface area contributed by atoms with Gasteiger partial charge in [-0.05, 0) is 51.1 Å². The predicted molar refractivity (Wildman–Crippen MR) is 90.2 cm³/mol. The molecule has 2 heteroatoms. The van der Waals surface area contributed by atoms with Crippen LogP contribution in [0.3, 0.4) is 0 Å². The molecule has 1 rings (SSSR count). The quantitative estimate of drug-likeness (QED) is 0.678. The summed E-state index contributed by atoms with van der Waals surface area (Å²) in [6.07, 6.45) is 7.06. The molecule has 0 amide bonds. The summed E-state index contributed by atoms with van der Waals surface area (Å²) in [4.78, 5) is 2.83. The van der Waals surface area contributed by atoms with Crippen molar-refractivity contribution in [2.45, 2.75) is 91.8 Å². The average molecular weight is 283 g/mol. The van der Waals surface area contributed by atoms with Crippen LogP contribution in [-0.4, -0.2) is 36.1 Å². The molecular formula is C18H38N2. The lowest BCUT2D eigenvalue weighted by molar-refractivity contribution is 0.101. The summed E-state index contributed by atoms with van der Waals surface area (Å²) >= 11 is 0. The third-order valence-corrected chi connectivity index (χ3v) is 4.95. The zero-order valence-electron chi connectivity index (χ0n) is 14.8. The molecule has 0 saturated heterocycles. The maximum absolute atomic E-state index is 3.61. The van der Waals surface area contributed by atoms with Crippen molar-refractivity contribution >= 4 is 0 Å². The van der Waals surface area contributed by atoms with E-state index in [0.717, 1.165) is 24.4 Å². The maximum Gasteiger partial charge on any atom is 0.0108 e. The van der Waals surface area contributed by atoms with E-state index in [-0.39, 0.29) is 0 Å². The van der Waals surface area contributed by atoms with Crippen molar-refractivity contribution in [3.05, 3.63) is 0 Å². The number of nitrogens with zero attached hydrogens (tertiary/aromatic N) is 1. The second kappa shape index (κ2) is 9.04. The summed E-state index contributed by atoms with van der Waals surface area (Å²) < 4.78 is 0. The fourth-order valence-corrected chi connectivity index (χ4v) is 3.28. The van der Waals surface area contributed by atoms with Crippen molar-refractivity contribution in [2.75, 3.05) is 13.1 Å². The minimum atomic E-state index is 0.597. The van der Waals surface area contributed by atoms with Crippen LogP contribution in [0.5, 0.6) is 0 Å². The molecule has 2 nitrogen and oxygen atoms in total. The largest absolute Gasteiger partial charge is 0.314 e. The first-order valence-corrected chi connectivity index (χ1v) is 8.91. The summed E-state index contributed by atoms with van der Waals surface area (Å²) in [5.74, 6) is 1.54. The molecule has 0 aromatic heterocycles. The van der Waals surface area contributed by atoms with Gasteiger partial charge in [-0.2, -0.15) is 0 Å². The first kappa shape index (κ1) is 18.0. The molecule has 1 aliphatic carbocycles. The predicted octanol–water partition coefficient (Wildman–Crippen LogP) is 4.30. The van der Waals surface area contributed by atoms with E-state index in [2.05, 4.69) is 51.8 Å². The van der Waals surface area contributed by atoms with Crippen LogP contribution >= 0.6 is 0 Å². The molecule has 0 spiro atoms. The van der Waals surface area contributed by atoms with Gasteiger partial charge in [0.2, 0.25) is 0 Å². The average Bonchev–Trinajstić information content (AvgIpc) is 2.89. The Morgan fingerprint density at radius 2 is 1.60 bits per heavy atom. The van der Waals surface area contributed by atoms with Crippen molar-refractivity contribution < 1.29 is 0 Å². The number of hydrogen-bond donors (Lipinski definition) is 1. The first-order chi connectivity index (χ1) is 9.41. The lowest BCUT2D eigenvalue weighted by Gasteiger charge is -2.38. The van der Waals surface area contributed by atoms with E-state index >= 15 is 0 Å². The van der Waals surface area contributed by atoms with Crippen LogP contribution in [0.1, 0.15) is 73.6 Å². The Morgan fingerprint density at radius 1 is 1.00 bits per heavy atom. The molecule has 20 heavy (non-hydrogen) atoms. The van der Waals surface area contributed by atoms with Crippen LogP contribution < -0.4 is 5.32 Å². The molecule has 0 aromatic carbocycles. The minimum absolute atomic E-state index is 0.597. The summed E-state index contributed by atoms with van der Waals surface area (Å²) in [6, 6.07) is 2.15. The zero-order chi connectivity index (χ0) is 15.1. The van der Waals surface area contributed by atoms with Crippen molar-refractivity contribution in [2.24, 2.45) is 11.8 Å². The van der Waals surface area contributed by atoms with Crippen LogP contribution in [-0.2, 0) is 0 Å². The van der Waals surface area contributed by atoms with E-state index in [4.69, 9.17) is 0 Å². The highest BCUT2D eigenvalue weighted by Crippen LogP contribution is 2.27. The van der Waals surface area contributed by atoms with Gasteiger partial charge >= 0.3 is 0 Å². The first-order valence-electron chi connectivity index (χ1n) is 8.91. The summed E-state index contributed by atoms with van der Waals surface area (Å²) in [6.45, 7) is 16.5. The molecule has 0 aromatic rings. The van der Waals surface area contributed by atoms with Crippen molar-refractivity contribution in [3.63, 3.8) is 0 Å². The highest BCUT2D eigenvalue weighted by atomic mass is 15.2. The van der Waals surface area contributed by atoms with Crippen LogP contribution in [0.15, 0.2) is 0 Å². The van der Waals surface area contributed by atoms with Crippen LogP contribution in [0.4, 0.5) is 0 Å². The van der Waals surface area contributed by atoms with E-state index in [0.29, 0.717) is 12.1 Å². The van der Waals surface area contributed by atoms with Gasteiger partial charge in [0.25, 0.3) is 0 Å². The molecule has 0 aliphatic heterocycles. The third kappa shape index (κ3) is 6.13. The van der Waals surface area contributed by atoms with Crippen molar-refractivity contribution in [1.82, 2.24) is 10.2 Å². The monoisotopic (exact) mass is 282 g/mol. The molecule has 1 aliphatic rings. The van der Waals surface area contributed by atoms with Crippen LogP contribution in [0, 0.1) is 11.8 Å². The van der Waals surface area contributed by atoms with E-state index in [1.165, 1.54) is 38.6 Å². The van der Waals surface area contributed by atoms with Gasteiger partial charge < -0.3 is 5.32 Å². The van der Waals surface area contributed by atoms with Crippen molar-refractivity contribution in [3.8, 4) is 0 Å². The lowest BCUT2D eigenvalue weighted by atomic mass is 9.98. The molecule has 2 unspecified atom stereocenters. The summed E-state index contributed by atoms with van der Waals surface area (Å²) in [5, 5.41) is 3.61. The Bertz CT molecular complexity index is 244. The van der Waals surface area contributed by atoms with Gasteiger partial charge in [0, 0.05) is 18.1 Å². The Morgan fingerprint density at radius 3 is 2.10 bits per heavy atom. The molecule has 1 fully saturated rings. The maximum atomic E-state index is 3.61. The Kier molecular flexibility index (Phi) is 8.13. The van der Waals surface area contributed by atoms with Gasteiger partial charge in [-0.15, -0.1) is 0 Å². The van der Waals surface area contributed by atoms with Crippen LogP contribution in [0.2, 0.25) is 0 Å². The molecule has 2 atom stereocenters. The van der Waals surface area contributed by atoms with Gasteiger partial charge in [0.1, 0.15) is 0 Å². The number of nitrogens with one attached hydrogen (secondary N) is 1. The Hall–Kier alpha value is -0.0800. The SMILES string of the molecule is CC(C)CCN(C1CCCC1)C(C)C(C)CNC(C)C. The highest BCUT2D eigenvalue weighted by molar-refractivity contribution is 4.84. The van der Waals surface area contributed by atoms with Gasteiger partial charge in [-0.1, -0.05) is 47.5 Å². The molecule has 0 radical (unpaired) electrons. The lowest BCUT2D eigenvalue weighted by Crippen LogP contribution is -2.47. The van der Waals surface area contributed by atoms with E-state index < -0.39 is 0 Å². The summed E-state index contributed by atoms with van der Waals surface area (Å²) in [5.41, 5.74) is 0. The minimum Gasteiger partial charge on any atom is -0.314 e. The normalized spacial score (nSPS) is 20.2. The molecule has 0 heterocycles. The molecule has 0 bridgehead atoms. The number of hydrogen-bond acceptors (Lipinski definition) is 2. The second-order valence-corrected chi connectivity index (χ2v) is 7.64. The van der Waals surface area contributed by atoms with E-state index in [1.54, 1.807) is 0 Å². The van der Waals surface area contributed by atoms with Gasteiger partial charge in [-0.3, -0.25) is 4.90 Å². The van der Waals surface area contributed by atoms with Gasteiger partial charge in [0.05, 0.1) is 0 Å². The Balaban J connectivity index is 2.55. The standard InChI is InChI=1S/C18H38N2/c1-14(2)11-12-20(18-9-7-8-10-18)17(6)16(5)13-19-15(3)4/h14-19H,7-13H2,1-6H3. The van der Waals surface area contributed by atoms with Crippen LogP contribution in [0.25, 0.3) is 0 Å². The number of rotatable bonds is 9. The second-order valence-electron chi connectivity index (χ2n) is 7.64. The zero-order valence-corrected chi connectivity index (χ0v) is 14.8. The highest BCUT2D eigenvalue weighted by Gasteiger charge is 2.28. The van der Waals surface area contributed by atoms with E-state index in [9.17, 15) is 0 Å². The topological polar surface area (TPSA) is 15.3 Å². The molecule has 1 saturated carbocycles. The molecule has 1 N–H and O–H groups in total. The van der Waals surface area contributed by atoms with Gasteiger partial charge in [-0.25, -0.2) is 0 Å². The Labute approximate surface area is 127 Å². The van der Waals surface area contributed by atoms with Gasteiger partial charge in [0.15, 0.2) is 0 Å². The van der Waals surface area contributed by atoms with Crippen molar-refractivity contribution in [1.29, 1.82) is 0 Å². The van der Waals surface area contributed by atoms with E-state index in [1.807, 2.05) is 0 Å². The summed E-state index contributed by atoms with van der Waals surface area (Å²) in [7, 11) is 0. The molecular weight excluding hydrogens is 244 g/mol. The smallest absolute Gasteiger partial charge is 0.0108 e. The third-order valence-electron chi connectivity index (χ3n) is 4.95. The fraction of sp³-hybridized carbons (Fsp3) is 1.00. The fourth-order valence-electron chi connectivity index (χ4n) is 3.28. The molecule has 120 valence electrons.